The van der Waals surface area contributed by atoms with E-state index in [0.717, 1.165) is 31.6 Å². The zero-order chi connectivity index (χ0) is 16.9. The van der Waals surface area contributed by atoms with Gasteiger partial charge in [-0.15, -0.1) is 11.3 Å². The van der Waals surface area contributed by atoms with Crippen LogP contribution in [0.25, 0.3) is 0 Å². The Morgan fingerprint density at radius 2 is 2.38 bits per heavy atom. The van der Waals surface area contributed by atoms with Crippen molar-refractivity contribution >= 4 is 22.4 Å². The van der Waals surface area contributed by atoms with Gasteiger partial charge in [0.25, 0.3) is 0 Å². The van der Waals surface area contributed by atoms with E-state index in [9.17, 15) is 4.79 Å². The smallest absolute Gasteiger partial charge is 0.244 e. The second-order valence-corrected chi connectivity index (χ2v) is 7.22. The summed E-state index contributed by atoms with van der Waals surface area (Å²) in [6.07, 6.45) is 5.39. The number of hydrogen-bond donors (Lipinski definition) is 1. The maximum atomic E-state index is 12.1. The van der Waals surface area contributed by atoms with Crippen LogP contribution in [0.4, 0.5) is 5.13 Å². The van der Waals surface area contributed by atoms with Gasteiger partial charge in [-0.2, -0.15) is 4.98 Å². The molecule has 3 heterocycles. The summed E-state index contributed by atoms with van der Waals surface area (Å²) in [7, 11) is 0. The summed E-state index contributed by atoms with van der Waals surface area (Å²) in [5, 5.41) is 9.39. The molecular formula is C16H23N5O2S. The Bertz CT molecular complexity index is 655. The van der Waals surface area contributed by atoms with Gasteiger partial charge in [-0.1, -0.05) is 25.4 Å². The Morgan fingerprint density at radius 3 is 3.08 bits per heavy atom. The zero-order valence-corrected chi connectivity index (χ0v) is 14.9. The lowest BCUT2D eigenvalue weighted by molar-refractivity contribution is -0.116. The largest absolute Gasteiger partial charge is 0.338 e. The van der Waals surface area contributed by atoms with Crippen molar-refractivity contribution in [2.24, 2.45) is 0 Å². The van der Waals surface area contributed by atoms with E-state index in [1.165, 1.54) is 11.3 Å². The Kier molecular flexibility index (Phi) is 5.57. The van der Waals surface area contributed by atoms with Gasteiger partial charge in [0.2, 0.25) is 11.8 Å². The van der Waals surface area contributed by atoms with Crippen LogP contribution in [-0.2, 0) is 4.79 Å². The van der Waals surface area contributed by atoms with E-state index in [4.69, 9.17) is 4.52 Å². The first-order chi connectivity index (χ1) is 11.6. The van der Waals surface area contributed by atoms with Gasteiger partial charge in [0.05, 0.1) is 6.04 Å². The minimum atomic E-state index is -0.0114. The van der Waals surface area contributed by atoms with Gasteiger partial charge in [-0.25, -0.2) is 4.98 Å². The number of amides is 1. The van der Waals surface area contributed by atoms with Gasteiger partial charge in [0.1, 0.15) is 0 Å². The highest BCUT2D eigenvalue weighted by molar-refractivity contribution is 7.13. The first-order valence-electron chi connectivity index (χ1n) is 8.40. The highest BCUT2D eigenvalue weighted by Crippen LogP contribution is 2.30. The van der Waals surface area contributed by atoms with Crippen LogP contribution in [-0.4, -0.2) is 39.0 Å². The van der Waals surface area contributed by atoms with Crippen molar-refractivity contribution in [2.75, 3.05) is 18.4 Å². The lowest BCUT2D eigenvalue weighted by Crippen LogP contribution is -2.35. The molecule has 1 aliphatic heterocycles. The third-order valence-electron chi connectivity index (χ3n) is 4.18. The number of hydrogen-bond acceptors (Lipinski definition) is 7. The van der Waals surface area contributed by atoms with Crippen LogP contribution in [0.15, 0.2) is 16.1 Å². The first kappa shape index (κ1) is 17.0. The Balaban J connectivity index is 1.58. The monoisotopic (exact) mass is 349 g/mol. The summed E-state index contributed by atoms with van der Waals surface area (Å²) < 4.78 is 5.48. The minimum Gasteiger partial charge on any atom is -0.338 e. The molecule has 1 fully saturated rings. The fourth-order valence-electron chi connectivity index (χ4n) is 2.87. The maximum absolute atomic E-state index is 12.1. The van der Waals surface area contributed by atoms with E-state index in [1.54, 1.807) is 6.20 Å². The average Bonchev–Trinajstić information content (AvgIpc) is 3.25. The normalized spacial score (nSPS) is 18.9. The number of piperidine rings is 1. The van der Waals surface area contributed by atoms with Crippen LogP contribution in [0.5, 0.6) is 0 Å². The van der Waals surface area contributed by atoms with E-state index < -0.39 is 0 Å². The van der Waals surface area contributed by atoms with Crippen molar-refractivity contribution in [3.05, 3.63) is 23.3 Å². The van der Waals surface area contributed by atoms with Crippen LogP contribution in [0, 0.1) is 0 Å². The van der Waals surface area contributed by atoms with E-state index in [2.05, 4.69) is 39.2 Å². The minimum absolute atomic E-state index is 0.0114. The van der Waals surface area contributed by atoms with E-state index in [1.807, 2.05) is 5.38 Å². The molecule has 0 bridgehead atoms. The van der Waals surface area contributed by atoms with Crippen LogP contribution in [0.3, 0.4) is 0 Å². The molecule has 8 heteroatoms. The number of nitrogens with zero attached hydrogens (tertiary/aromatic N) is 4. The SMILES string of the molecule is CC(C)c1noc(C2CCCCN2CCC(=O)Nc2nccs2)n1. The molecular weight excluding hydrogens is 326 g/mol. The quantitative estimate of drug-likeness (QED) is 0.862. The number of carbonyl (C=O) groups is 1. The van der Waals surface area contributed by atoms with Crippen LogP contribution < -0.4 is 5.32 Å². The number of anilines is 1. The van der Waals surface area contributed by atoms with Crippen molar-refractivity contribution in [2.45, 2.75) is 51.5 Å². The number of aromatic nitrogens is 3. The molecule has 0 spiro atoms. The van der Waals surface area contributed by atoms with Crippen LogP contribution >= 0.6 is 11.3 Å². The third kappa shape index (κ3) is 4.18. The highest BCUT2D eigenvalue weighted by atomic mass is 32.1. The summed E-state index contributed by atoms with van der Waals surface area (Å²) in [6.45, 7) is 5.74. The van der Waals surface area contributed by atoms with E-state index in [-0.39, 0.29) is 17.9 Å². The van der Waals surface area contributed by atoms with E-state index >= 15 is 0 Å². The zero-order valence-electron chi connectivity index (χ0n) is 14.1. The molecule has 1 aliphatic rings. The molecule has 130 valence electrons. The molecule has 0 aliphatic carbocycles. The number of carbonyl (C=O) groups excluding carboxylic acids is 1. The van der Waals surface area contributed by atoms with Crippen molar-refractivity contribution in [1.82, 2.24) is 20.0 Å². The highest BCUT2D eigenvalue weighted by Gasteiger charge is 2.29. The summed E-state index contributed by atoms with van der Waals surface area (Å²) >= 11 is 1.43. The summed E-state index contributed by atoms with van der Waals surface area (Å²) in [5.74, 6) is 1.67. The molecule has 0 aromatic carbocycles. The molecule has 3 rings (SSSR count). The predicted octanol–water partition coefficient (Wildman–Crippen LogP) is 3.21. The van der Waals surface area contributed by atoms with E-state index in [0.29, 0.717) is 24.0 Å². The maximum Gasteiger partial charge on any atom is 0.244 e. The third-order valence-corrected chi connectivity index (χ3v) is 4.87. The van der Waals surface area contributed by atoms with Gasteiger partial charge in [-0.3, -0.25) is 9.69 Å². The molecule has 2 aromatic rings. The fraction of sp³-hybridized carbons (Fsp3) is 0.625. The summed E-state index contributed by atoms with van der Waals surface area (Å²) in [6, 6.07) is 0.117. The van der Waals surface area contributed by atoms with Crippen LogP contribution in [0.2, 0.25) is 0 Å². The second-order valence-electron chi connectivity index (χ2n) is 6.33. The van der Waals surface area contributed by atoms with Gasteiger partial charge in [0.15, 0.2) is 11.0 Å². The second kappa shape index (κ2) is 7.85. The molecule has 1 amide bonds. The summed E-state index contributed by atoms with van der Waals surface area (Å²) in [5.41, 5.74) is 0. The van der Waals surface area contributed by atoms with Crippen molar-refractivity contribution in [3.63, 3.8) is 0 Å². The predicted molar refractivity (Wildman–Crippen MR) is 91.9 cm³/mol. The molecule has 2 aromatic heterocycles. The molecule has 1 N–H and O–H groups in total. The average molecular weight is 349 g/mol. The number of thiazole rings is 1. The van der Waals surface area contributed by atoms with Gasteiger partial charge < -0.3 is 9.84 Å². The van der Waals surface area contributed by atoms with Crippen molar-refractivity contribution in [1.29, 1.82) is 0 Å². The van der Waals surface area contributed by atoms with Crippen molar-refractivity contribution < 1.29 is 9.32 Å². The Labute approximate surface area is 145 Å². The topological polar surface area (TPSA) is 84.2 Å². The molecule has 0 radical (unpaired) electrons. The van der Waals surface area contributed by atoms with Crippen molar-refractivity contribution in [3.8, 4) is 0 Å². The Morgan fingerprint density at radius 1 is 1.50 bits per heavy atom. The van der Waals surface area contributed by atoms with Crippen LogP contribution in [0.1, 0.15) is 63.2 Å². The standard InChI is InChI=1S/C16H23N5O2S/c1-11(2)14-19-15(23-20-14)12-5-3-4-8-21(12)9-6-13(22)18-16-17-7-10-24-16/h7,10-12H,3-6,8-9H2,1-2H3,(H,17,18,22). The van der Waals surface area contributed by atoms with Gasteiger partial charge in [-0.05, 0) is 19.4 Å². The lowest BCUT2D eigenvalue weighted by atomic mass is 10.0. The first-order valence-corrected chi connectivity index (χ1v) is 9.28. The molecule has 24 heavy (non-hydrogen) atoms. The molecule has 1 atom stereocenters. The number of likely N-dealkylation sites (tertiary alicyclic amines) is 1. The molecule has 1 unspecified atom stereocenters. The molecule has 1 saturated heterocycles. The number of nitrogens with one attached hydrogen (secondary N) is 1. The Hall–Kier alpha value is -1.80. The summed E-state index contributed by atoms with van der Waals surface area (Å²) in [4.78, 5) is 23.0. The fourth-order valence-corrected chi connectivity index (χ4v) is 3.41. The molecule has 0 saturated carbocycles. The van der Waals surface area contributed by atoms with Gasteiger partial charge in [0, 0.05) is 30.5 Å². The lowest BCUT2D eigenvalue weighted by Gasteiger charge is -2.33. The number of rotatable bonds is 6. The molecule has 7 nitrogen and oxygen atoms in total. The van der Waals surface area contributed by atoms with Gasteiger partial charge >= 0.3 is 0 Å².